The number of unbranched alkanes of at least 4 members (excludes halogenated alkanes) is 2. The van der Waals surface area contributed by atoms with Crippen LogP contribution in [0.15, 0.2) is 18.2 Å². The Bertz CT molecular complexity index is 896. The van der Waals surface area contributed by atoms with Crippen LogP contribution in [-0.4, -0.2) is 67.0 Å². The largest absolute Gasteiger partial charge is 0.494 e. The Morgan fingerprint density at radius 2 is 1.66 bits per heavy atom. The highest BCUT2D eigenvalue weighted by atomic mass is 16.5. The van der Waals surface area contributed by atoms with Gasteiger partial charge in [0.2, 0.25) is 11.8 Å². The van der Waals surface area contributed by atoms with E-state index in [1.54, 1.807) is 18.2 Å². The first-order valence-corrected chi connectivity index (χ1v) is 11.4. The van der Waals surface area contributed by atoms with Crippen molar-refractivity contribution in [1.29, 1.82) is 0 Å². The summed E-state index contributed by atoms with van der Waals surface area (Å²) >= 11 is 0. The molecule has 1 atom stereocenters. The summed E-state index contributed by atoms with van der Waals surface area (Å²) in [5.41, 5.74) is 0.481. The molecule has 3 aliphatic heterocycles. The molecule has 0 spiro atoms. The maximum Gasteiger partial charge on any atom is 0.262 e. The Kier molecular flexibility index (Phi) is 7.16. The fourth-order valence-electron chi connectivity index (χ4n) is 4.32. The Balaban J connectivity index is 1.24. The zero-order chi connectivity index (χ0) is 22.5. The third kappa shape index (κ3) is 4.99. The summed E-state index contributed by atoms with van der Waals surface area (Å²) in [5, 5.41) is 5.52. The number of piperidine rings is 2. The van der Waals surface area contributed by atoms with Gasteiger partial charge < -0.3 is 14.8 Å². The van der Waals surface area contributed by atoms with Gasteiger partial charge in [0, 0.05) is 13.0 Å². The molecule has 1 aromatic carbocycles. The second-order valence-electron chi connectivity index (χ2n) is 8.38. The first kappa shape index (κ1) is 22.4. The third-order valence-electron chi connectivity index (χ3n) is 6.11. The molecule has 9 heteroatoms. The van der Waals surface area contributed by atoms with Gasteiger partial charge in [-0.15, -0.1) is 0 Å². The lowest BCUT2D eigenvalue weighted by atomic mass is 10.0. The Hall–Kier alpha value is -2.78. The number of imide groups is 2. The molecule has 1 unspecified atom stereocenters. The van der Waals surface area contributed by atoms with Gasteiger partial charge in [-0.05, 0) is 69.8 Å². The molecular formula is C23H29N3O6. The number of benzene rings is 1. The van der Waals surface area contributed by atoms with Gasteiger partial charge in [0.15, 0.2) is 0 Å². The van der Waals surface area contributed by atoms with Gasteiger partial charge in [-0.3, -0.25) is 29.4 Å². The van der Waals surface area contributed by atoms with Gasteiger partial charge >= 0.3 is 0 Å². The van der Waals surface area contributed by atoms with Crippen LogP contribution >= 0.6 is 0 Å². The molecule has 2 N–H and O–H groups in total. The quantitative estimate of drug-likeness (QED) is 0.438. The van der Waals surface area contributed by atoms with Crippen molar-refractivity contribution < 1.29 is 28.7 Å². The van der Waals surface area contributed by atoms with Crippen molar-refractivity contribution in [2.75, 3.05) is 26.3 Å². The highest BCUT2D eigenvalue weighted by molar-refractivity contribution is 6.23. The molecule has 0 aliphatic carbocycles. The zero-order valence-corrected chi connectivity index (χ0v) is 18.1. The monoisotopic (exact) mass is 443 g/mol. The predicted octanol–water partition coefficient (Wildman–Crippen LogP) is 1.41. The van der Waals surface area contributed by atoms with Crippen molar-refractivity contribution in [1.82, 2.24) is 15.5 Å². The van der Waals surface area contributed by atoms with Crippen LogP contribution < -0.4 is 15.4 Å². The van der Waals surface area contributed by atoms with Crippen molar-refractivity contribution in [3.63, 3.8) is 0 Å². The predicted molar refractivity (Wildman–Crippen MR) is 114 cm³/mol. The van der Waals surface area contributed by atoms with Gasteiger partial charge in [-0.2, -0.15) is 0 Å². The van der Waals surface area contributed by atoms with E-state index in [-0.39, 0.29) is 24.0 Å². The van der Waals surface area contributed by atoms with Crippen LogP contribution in [0.3, 0.4) is 0 Å². The van der Waals surface area contributed by atoms with E-state index in [0.29, 0.717) is 18.5 Å². The minimum absolute atomic E-state index is 0.0983. The molecule has 3 aliphatic rings. The molecule has 9 nitrogen and oxygen atoms in total. The third-order valence-corrected chi connectivity index (χ3v) is 6.11. The number of hydrogen-bond donors (Lipinski definition) is 2. The highest BCUT2D eigenvalue weighted by Crippen LogP contribution is 2.30. The van der Waals surface area contributed by atoms with Crippen molar-refractivity contribution >= 4 is 23.6 Å². The van der Waals surface area contributed by atoms with E-state index in [0.717, 1.165) is 56.7 Å². The van der Waals surface area contributed by atoms with E-state index in [2.05, 4.69) is 10.6 Å². The second-order valence-corrected chi connectivity index (χ2v) is 8.38. The van der Waals surface area contributed by atoms with Gasteiger partial charge in [0.1, 0.15) is 11.8 Å². The second kappa shape index (κ2) is 10.2. The van der Waals surface area contributed by atoms with Gasteiger partial charge in [-0.1, -0.05) is 0 Å². The molecule has 4 rings (SSSR count). The number of nitrogens with zero attached hydrogens (tertiary/aromatic N) is 1. The fourth-order valence-corrected chi connectivity index (χ4v) is 4.32. The lowest BCUT2D eigenvalue weighted by molar-refractivity contribution is -0.136. The van der Waals surface area contributed by atoms with Crippen LogP contribution in [-0.2, 0) is 14.3 Å². The average molecular weight is 444 g/mol. The van der Waals surface area contributed by atoms with Crippen LogP contribution in [0, 0.1) is 0 Å². The van der Waals surface area contributed by atoms with Crippen molar-refractivity contribution in [3.05, 3.63) is 29.3 Å². The molecule has 32 heavy (non-hydrogen) atoms. The lowest BCUT2D eigenvalue weighted by Gasteiger charge is -2.27. The van der Waals surface area contributed by atoms with E-state index in [1.807, 2.05) is 0 Å². The summed E-state index contributed by atoms with van der Waals surface area (Å²) in [6, 6.07) is 3.82. The van der Waals surface area contributed by atoms with E-state index in [9.17, 15) is 19.2 Å². The number of amides is 4. The molecule has 0 saturated carbocycles. The number of fused-ring (bicyclic) bond motifs is 1. The maximum atomic E-state index is 12.8. The summed E-state index contributed by atoms with van der Waals surface area (Å²) < 4.78 is 11.7. The van der Waals surface area contributed by atoms with Crippen molar-refractivity contribution in [2.45, 2.75) is 57.1 Å². The zero-order valence-electron chi connectivity index (χ0n) is 18.1. The summed E-state index contributed by atoms with van der Waals surface area (Å²) in [7, 11) is 0. The smallest absolute Gasteiger partial charge is 0.262 e. The van der Waals surface area contributed by atoms with Crippen molar-refractivity contribution in [2.24, 2.45) is 0 Å². The van der Waals surface area contributed by atoms with E-state index in [4.69, 9.17) is 9.47 Å². The first-order chi connectivity index (χ1) is 15.5. The maximum absolute atomic E-state index is 12.8. The molecule has 2 fully saturated rings. The summed E-state index contributed by atoms with van der Waals surface area (Å²) in [6.45, 7) is 3.32. The number of carbonyl (C=O) groups is 4. The highest BCUT2D eigenvalue weighted by Gasteiger charge is 2.44. The normalized spacial score (nSPS) is 21.6. The molecule has 3 heterocycles. The molecular weight excluding hydrogens is 414 g/mol. The number of nitrogens with one attached hydrogen (secondary N) is 2. The molecule has 0 aromatic heterocycles. The van der Waals surface area contributed by atoms with Crippen molar-refractivity contribution in [3.8, 4) is 5.75 Å². The van der Waals surface area contributed by atoms with Gasteiger partial charge in [0.05, 0.1) is 23.8 Å². The topological polar surface area (TPSA) is 114 Å². The van der Waals surface area contributed by atoms with E-state index in [1.165, 1.54) is 0 Å². The molecule has 0 bridgehead atoms. The minimum atomic E-state index is -0.962. The number of hydrogen-bond acceptors (Lipinski definition) is 7. The van der Waals surface area contributed by atoms with Crippen LogP contribution in [0.5, 0.6) is 5.75 Å². The Morgan fingerprint density at radius 1 is 0.906 bits per heavy atom. The van der Waals surface area contributed by atoms with Gasteiger partial charge in [-0.25, -0.2) is 0 Å². The fraction of sp³-hybridized carbons (Fsp3) is 0.565. The number of rotatable bonds is 9. The molecule has 2 saturated heterocycles. The average Bonchev–Trinajstić information content (AvgIpc) is 3.04. The molecule has 172 valence electrons. The first-order valence-electron chi connectivity index (χ1n) is 11.4. The summed E-state index contributed by atoms with van der Waals surface area (Å²) in [4.78, 5) is 50.0. The number of ether oxygens (including phenoxy) is 2. The van der Waals surface area contributed by atoms with Crippen LogP contribution in [0.4, 0.5) is 0 Å². The van der Waals surface area contributed by atoms with Gasteiger partial charge in [0.25, 0.3) is 11.8 Å². The molecule has 1 aromatic rings. The lowest BCUT2D eigenvalue weighted by Crippen LogP contribution is -2.54. The van der Waals surface area contributed by atoms with Crippen LogP contribution in [0.25, 0.3) is 0 Å². The van der Waals surface area contributed by atoms with Crippen LogP contribution in [0.2, 0.25) is 0 Å². The molecule has 4 amide bonds. The Labute approximate surface area is 186 Å². The van der Waals surface area contributed by atoms with E-state index < -0.39 is 29.7 Å². The Morgan fingerprint density at radius 3 is 2.44 bits per heavy atom. The van der Waals surface area contributed by atoms with Crippen LogP contribution in [0.1, 0.15) is 65.7 Å². The van der Waals surface area contributed by atoms with E-state index >= 15 is 0 Å². The minimum Gasteiger partial charge on any atom is -0.494 e. The summed E-state index contributed by atoms with van der Waals surface area (Å²) in [5.74, 6) is -1.53. The number of carbonyl (C=O) groups excluding carboxylic acids is 4. The summed E-state index contributed by atoms with van der Waals surface area (Å²) in [6.07, 6.45) is 5.58. The SMILES string of the molecule is O=C1CCC(N2C(=O)c3ccc(OCCCCCOC4CCNCC4)cc3C2=O)C(=O)N1. The molecule has 0 radical (unpaired) electrons. The standard InChI is InChI=1S/C23H29N3O6/c27-20-7-6-19(21(28)25-20)26-22(29)17-5-4-16(14-18(17)23(26)30)32-13-3-1-2-12-31-15-8-10-24-11-9-15/h4-5,14-15,19,24H,1-3,6-13H2,(H,25,27,28).